The van der Waals surface area contributed by atoms with Crippen molar-refractivity contribution in [2.24, 2.45) is 0 Å². The van der Waals surface area contributed by atoms with Crippen LogP contribution in [-0.4, -0.2) is 15.0 Å². The topological polar surface area (TPSA) is 91.2 Å². The third kappa shape index (κ3) is 5.31. The molecule has 298 valence electrons. The first-order valence-corrected chi connectivity index (χ1v) is 21.2. The Labute approximate surface area is 363 Å². The average molecular weight is 822 g/mol. The molecule has 0 spiro atoms. The van der Waals surface area contributed by atoms with E-state index in [1.165, 1.54) is 0 Å². The molecule has 0 N–H and O–H groups in total. The van der Waals surface area contributed by atoms with Crippen molar-refractivity contribution in [3.63, 3.8) is 0 Å². The maximum Gasteiger partial charge on any atom is 0.167 e. The standard InChI is InChI=1S/C57H31N3O4/c1-5-23-48-37(15-1)40-18-9-20-42(53(40)63-48)56-58-55(59-57(60-56)43-21-10-19-41-38-16-2-6-24-49(38)64-54(41)43)36-14-8-13-34(28-36)32-11-7-12-33(27-32)35-25-26-50-44(29-35)46-30-45-39-17-3-4-22-47(39)61-51(45)31-52(46)62-50/h1-31H. The van der Waals surface area contributed by atoms with Crippen LogP contribution in [0.4, 0.5) is 0 Å². The molecule has 7 heteroatoms. The highest BCUT2D eigenvalue weighted by molar-refractivity contribution is 6.16. The summed E-state index contributed by atoms with van der Waals surface area (Å²) in [6.45, 7) is 0. The Morgan fingerprint density at radius 3 is 1.23 bits per heavy atom. The highest BCUT2D eigenvalue weighted by Crippen LogP contribution is 2.41. The van der Waals surface area contributed by atoms with Gasteiger partial charge >= 0.3 is 0 Å². The molecule has 0 atom stereocenters. The number of furan rings is 4. The Kier molecular flexibility index (Phi) is 7.27. The normalized spacial score (nSPS) is 12.1. The van der Waals surface area contributed by atoms with Crippen molar-refractivity contribution in [3.05, 3.63) is 188 Å². The van der Waals surface area contributed by atoms with Crippen LogP contribution in [0.1, 0.15) is 0 Å². The molecule has 0 aliphatic carbocycles. The summed E-state index contributed by atoms with van der Waals surface area (Å²) < 4.78 is 25.5. The SMILES string of the molecule is c1cc(-c2cccc(-c3nc(-c4cccc5c4oc4ccccc45)nc(-c4cccc5c4oc4ccccc45)n3)c2)cc(-c2ccc3oc4cc5oc6ccccc6c5cc4c3c2)c1. The van der Waals surface area contributed by atoms with Crippen molar-refractivity contribution in [1.82, 2.24) is 15.0 Å². The first-order valence-electron chi connectivity index (χ1n) is 21.2. The quantitative estimate of drug-likeness (QED) is 0.171. The zero-order chi connectivity index (χ0) is 41.9. The van der Waals surface area contributed by atoms with Crippen molar-refractivity contribution < 1.29 is 17.7 Å². The van der Waals surface area contributed by atoms with Gasteiger partial charge in [0.15, 0.2) is 17.5 Å². The van der Waals surface area contributed by atoms with Crippen LogP contribution < -0.4 is 0 Å². The molecule has 5 aromatic heterocycles. The number of aromatic nitrogens is 3. The predicted molar refractivity (Wildman–Crippen MR) is 256 cm³/mol. The summed E-state index contributed by atoms with van der Waals surface area (Å²) in [7, 11) is 0. The number of fused-ring (bicyclic) bond motifs is 12. The summed E-state index contributed by atoms with van der Waals surface area (Å²) >= 11 is 0. The van der Waals surface area contributed by atoms with Gasteiger partial charge in [-0.05, 0) is 82.9 Å². The van der Waals surface area contributed by atoms with Gasteiger partial charge in [0.25, 0.3) is 0 Å². The molecule has 0 bridgehead atoms. The Bertz CT molecular complexity index is 4090. The Morgan fingerprint density at radius 1 is 0.234 bits per heavy atom. The van der Waals surface area contributed by atoms with E-state index in [0.29, 0.717) is 17.5 Å². The second kappa shape index (κ2) is 13.3. The molecule has 14 rings (SSSR count). The van der Waals surface area contributed by atoms with Gasteiger partial charge in [-0.2, -0.15) is 0 Å². The van der Waals surface area contributed by atoms with E-state index in [1.807, 2.05) is 84.9 Å². The molecular weight excluding hydrogens is 791 g/mol. The number of benzene rings is 9. The fraction of sp³-hybridized carbons (Fsp3) is 0. The lowest BCUT2D eigenvalue weighted by molar-refractivity contribution is 0.656. The van der Waals surface area contributed by atoms with Gasteiger partial charge < -0.3 is 17.7 Å². The van der Waals surface area contributed by atoms with Gasteiger partial charge in [0, 0.05) is 54.7 Å². The van der Waals surface area contributed by atoms with Gasteiger partial charge in [-0.25, -0.2) is 15.0 Å². The van der Waals surface area contributed by atoms with Crippen LogP contribution in [0.2, 0.25) is 0 Å². The van der Waals surface area contributed by atoms with E-state index >= 15 is 0 Å². The molecule has 9 aromatic carbocycles. The smallest absolute Gasteiger partial charge is 0.167 e. The molecule has 0 radical (unpaired) electrons. The Balaban J connectivity index is 0.900. The van der Waals surface area contributed by atoms with Crippen molar-refractivity contribution in [3.8, 4) is 56.4 Å². The lowest BCUT2D eigenvalue weighted by Crippen LogP contribution is -2.00. The van der Waals surface area contributed by atoms with Gasteiger partial charge in [-0.3, -0.25) is 0 Å². The Hall–Kier alpha value is -8.81. The van der Waals surface area contributed by atoms with Crippen LogP contribution in [0.25, 0.3) is 144 Å². The molecule has 0 aliphatic rings. The van der Waals surface area contributed by atoms with Crippen LogP contribution in [0.5, 0.6) is 0 Å². The average Bonchev–Trinajstić information content (AvgIpc) is 4.13. The van der Waals surface area contributed by atoms with Crippen molar-refractivity contribution in [2.75, 3.05) is 0 Å². The van der Waals surface area contributed by atoms with E-state index in [1.54, 1.807) is 0 Å². The summed E-state index contributed by atoms with van der Waals surface area (Å²) in [4.78, 5) is 15.6. The van der Waals surface area contributed by atoms with Gasteiger partial charge in [0.1, 0.15) is 44.7 Å². The summed E-state index contributed by atoms with van der Waals surface area (Å²) in [6, 6.07) is 64.2. The first kappa shape index (κ1) is 34.9. The summed E-state index contributed by atoms with van der Waals surface area (Å²) in [5, 5.41) is 8.37. The number of hydrogen-bond acceptors (Lipinski definition) is 7. The van der Waals surface area contributed by atoms with E-state index in [2.05, 4.69) is 103 Å². The van der Waals surface area contributed by atoms with Gasteiger partial charge in [0.2, 0.25) is 0 Å². The molecule has 0 saturated carbocycles. The first-order chi connectivity index (χ1) is 31.7. The molecule has 0 aliphatic heterocycles. The molecule has 0 amide bonds. The summed E-state index contributed by atoms with van der Waals surface area (Å²) in [5.41, 5.74) is 13.1. The molecule has 0 unspecified atom stereocenters. The number of rotatable bonds is 5. The Morgan fingerprint density at radius 2 is 0.641 bits per heavy atom. The third-order valence-corrected chi connectivity index (χ3v) is 12.5. The monoisotopic (exact) mass is 821 g/mol. The van der Waals surface area contributed by atoms with Crippen LogP contribution >= 0.6 is 0 Å². The van der Waals surface area contributed by atoms with Crippen molar-refractivity contribution in [1.29, 1.82) is 0 Å². The zero-order valence-corrected chi connectivity index (χ0v) is 33.9. The fourth-order valence-corrected chi connectivity index (χ4v) is 9.48. The highest BCUT2D eigenvalue weighted by atomic mass is 16.3. The number of nitrogens with zero attached hydrogens (tertiary/aromatic N) is 3. The van der Waals surface area contributed by atoms with Crippen molar-refractivity contribution >= 4 is 87.8 Å². The second-order valence-electron chi connectivity index (χ2n) is 16.3. The molecule has 0 saturated heterocycles. The van der Waals surface area contributed by atoms with Crippen LogP contribution in [0.15, 0.2) is 206 Å². The molecule has 5 heterocycles. The maximum atomic E-state index is 6.51. The van der Waals surface area contributed by atoms with Crippen molar-refractivity contribution in [2.45, 2.75) is 0 Å². The molecule has 7 nitrogen and oxygen atoms in total. The largest absolute Gasteiger partial charge is 0.456 e. The number of para-hydroxylation sites is 5. The summed E-state index contributed by atoms with van der Waals surface area (Å²) in [6.07, 6.45) is 0. The zero-order valence-electron chi connectivity index (χ0n) is 33.9. The van der Waals surface area contributed by atoms with Gasteiger partial charge in [-0.15, -0.1) is 0 Å². The lowest BCUT2D eigenvalue weighted by atomic mass is 9.97. The van der Waals surface area contributed by atoms with Gasteiger partial charge in [0.05, 0.1) is 11.1 Å². The minimum absolute atomic E-state index is 0.508. The minimum atomic E-state index is 0.508. The van der Waals surface area contributed by atoms with E-state index in [0.717, 1.165) is 127 Å². The number of hydrogen-bond donors (Lipinski definition) is 0. The molecular formula is C57H31N3O4. The van der Waals surface area contributed by atoms with E-state index < -0.39 is 0 Å². The molecule has 14 aromatic rings. The fourth-order valence-electron chi connectivity index (χ4n) is 9.48. The van der Waals surface area contributed by atoms with E-state index in [9.17, 15) is 0 Å². The summed E-state index contributed by atoms with van der Waals surface area (Å²) in [5.74, 6) is 1.55. The van der Waals surface area contributed by atoms with Crippen LogP contribution in [0.3, 0.4) is 0 Å². The maximum absolute atomic E-state index is 6.51. The molecule has 64 heavy (non-hydrogen) atoms. The highest BCUT2D eigenvalue weighted by Gasteiger charge is 2.21. The van der Waals surface area contributed by atoms with E-state index in [4.69, 9.17) is 32.6 Å². The molecule has 0 fully saturated rings. The third-order valence-electron chi connectivity index (χ3n) is 12.5. The minimum Gasteiger partial charge on any atom is -0.456 e. The van der Waals surface area contributed by atoms with Crippen LogP contribution in [0, 0.1) is 0 Å². The van der Waals surface area contributed by atoms with Crippen LogP contribution in [-0.2, 0) is 0 Å². The van der Waals surface area contributed by atoms with E-state index in [-0.39, 0.29) is 0 Å². The van der Waals surface area contributed by atoms with Gasteiger partial charge in [-0.1, -0.05) is 121 Å². The second-order valence-corrected chi connectivity index (χ2v) is 16.3. The predicted octanol–water partition coefficient (Wildman–Crippen LogP) is 15.8. The lowest BCUT2D eigenvalue weighted by Gasteiger charge is -2.11.